The Bertz CT molecular complexity index is 405. The standard InChI is InChI=1S/C9H16F3NO5S/c1-8(16,5-7(14)15)6-13-19(17,18)4-2-3-9(10,11)12/h13,16H,2-6H2,1H3,(H,14,15). The third kappa shape index (κ3) is 10.7. The van der Waals surface area contributed by atoms with Crippen LogP contribution in [0.15, 0.2) is 0 Å². The quantitative estimate of drug-likeness (QED) is 0.605. The number of rotatable bonds is 8. The Hall–Kier alpha value is -0.870. The molecule has 0 aliphatic heterocycles. The number of aliphatic hydroxyl groups is 1. The summed E-state index contributed by atoms with van der Waals surface area (Å²) in [5.41, 5.74) is -1.80. The van der Waals surface area contributed by atoms with Gasteiger partial charge in [-0.15, -0.1) is 0 Å². The molecular weight excluding hydrogens is 291 g/mol. The second-order valence-corrected chi connectivity index (χ2v) is 6.35. The van der Waals surface area contributed by atoms with Gasteiger partial charge in [0.05, 0.1) is 17.8 Å². The summed E-state index contributed by atoms with van der Waals surface area (Å²) in [6, 6.07) is 0. The van der Waals surface area contributed by atoms with Crippen LogP contribution in [0.4, 0.5) is 13.2 Å². The molecule has 0 bridgehead atoms. The lowest BCUT2D eigenvalue weighted by Crippen LogP contribution is -2.42. The maximum atomic E-state index is 11.8. The number of aliphatic carboxylic acids is 1. The molecule has 0 aromatic heterocycles. The van der Waals surface area contributed by atoms with Crippen LogP contribution in [0.25, 0.3) is 0 Å². The van der Waals surface area contributed by atoms with Gasteiger partial charge in [0.1, 0.15) is 0 Å². The lowest BCUT2D eigenvalue weighted by Gasteiger charge is -2.21. The summed E-state index contributed by atoms with van der Waals surface area (Å²) in [5.74, 6) is -2.06. The van der Waals surface area contributed by atoms with E-state index in [0.717, 1.165) is 6.92 Å². The molecule has 0 amide bonds. The van der Waals surface area contributed by atoms with E-state index in [4.69, 9.17) is 5.11 Å². The molecule has 19 heavy (non-hydrogen) atoms. The third-order valence-electron chi connectivity index (χ3n) is 2.08. The van der Waals surface area contributed by atoms with E-state index in [1.54, 1.807) is 0 Å². The van der Waals surface area contributed by atoms with E-state index in [2.05, 4.69) is 0 Å². The minimum atomic E-state index is -4.43. The van der Waals surface area contributed by atoms with Crippen LogP contribution in [0.2, 0.25) is 0 Å². The zero-order valence-electron chi connectivity index (χ0n) is 10.2. The molecule has 1 unspecified atom stereocenters. The van der Waals surface area contributed by atoms with Crippen LogP contribution in [0.1, 0.15) is 26.2 Å². The monoisotopic (exact) mass is 307 g/mol. The van der Waals surface area contributed by atoms with Crippen LogP contribution in [0.3, 0.4) is 0 Å². The van der Waals surface area contributed by atoms with E-state index >= 15 is 0 Å². The predicted octanol–water partition coefficient (Wildman–Crippen LogP) is 0.474. The molecule has 0 aliphatic rings. The van der Waals surface area contributed by atoms with Crippen molar-refractivity contribution >= 4 is 16.0 Å². The lowest BCUT2D eigenvalue weighted by molar-refractivity contribution is -0.141. The van der Waals surface area contributed by atoms with Gasteiger partial charge in [0.15, 0.2) is 0 Å². The molecule has 0 heterocycles. The highest BCUT2D eigenvalue weighted by molar-refractivity contribution is 7.89. The molecular formula is C9H16F3NO5S. The first-order chi connectivity index (χ1) is 8.33. The van der Waals surface area contributed by atoms with Gasteiger partial charge >= 0.3 is 12.1 Å². The van der Waals surface area contributed by atoms with E-state index in [-0.39, 0.29) is 0 Å². The average Bonchev–Trinajstić information content (AvgIpc) is 2.10. The molecule has 1 atom stereocenters. The normalized spacial score (nSPS) is 16.1. The van der Waals surface area contributed by atoms with E-state index in [1.165, 1.54) is 0 Å². The van der Waals surface area contributed by atoms with Crippen molar-refractivity contribution in [2.45, 2.75) is 38.0 Å². The molecule has 0 aromatic rings. The molecule has 0 spiro atoms. The van der Waals surface area contributed by atoms with Crippen LogP contribution in [-0.2, 0) is 14.8 Å². The second-order valence-electron chi connectivity index (χ2n) is 4.43. The van der Waals surface area contributed by atoms with Crippen molar-refractivity contribution in [3.63, 3.8) is 0 Å². The second kappa shape index (κ2) is 6.53. The van der Waals surface area contributed by atoms with Gasteiger partial charge in [-0.1, -0.05) is 0 Å². The van der Waals surface area contributed by atoms with Crippen LogP contribution < -0.4 is 4.72 Å². The Morgan fingerprint density at radius 3 is 2.26 bits per heavy atom. The Labute approximate surface area is 108 Å². The van der Waals surface area contributed by atoms with Gasteiger partial charge in [-0.3, -0.25) is 4.79 Å². The maximum Gasteiger partial charge on any atom is 0.389 e. The van der Waals surface area contributed by atoms with Crippen LogP contribution in [0.5, 0.6) is 0 Å². The number of nitrogens with one attached hydrogen (secondary N) is 1. The predicted molar refractivity (Wildman–Crippen MR) is 60.0 cm³/mol. The number of carboxylic acids is 1. The molecule has 114 valence electrons. The Morgan fingerprint density at radius 2 is 1.84 bits per heavy atom. The van der Waals surface area contributed by atoms with Crippen LogP contribution >= 0.6 is 0 Å². The number of carbonyl (C=O) groups is 1. The zero-order valence-corrected chi connectivity index (χ0v) is 11.0. The summed E-state index contributed by atoms with van der Waals surface area (Å²) in [5, 5.41) is 18.0. The fourth-order valence-corrected chi connectivity index (χ4v) is 2.39. The molecule has 3 N–H and O–H groups in total. The number of carboxylic acid groups (broad SMARTS) is 1. The van der Waals surface area contributed by atoms with Crippen molar-refractivity contribution in [1.82, 2.24) is 4.72 Å². The fraction of sp³-hybridized carbons (Fsp3) is 0.889. The van der Waals surface area contributed by atoms with E-state index in [0.29, 0.717) is 0 Å². The Morgan fingerprint density at radius 1 is 1.32 bits per heavy atom. The SMILES string of the molecule is CC(O)(CNS(=O)(=O)CCCC(F)(F)F)CC(=O)O. The largest absolute Gasteiger partial charge is 0.481 e. The van der Waals surface area contributed by atoms with Crippen molar-refractivity contribution in [3.8, 4) is 0 Å². The van der Waals surface area contributed by atoms with Gasteiger partial charge in [0.2, 0.25) is 10.0 Å². The first-order valence-corrected chi connectivity index (χ1v) is 6.96. The van der Waals surface area contributed by atoms with Gasteiger partial charge in [-0.25, -0.2) is 13.1 Å². The zero-order chi connectivity index (χ0) is 15.3. The van der Waals surface area contributed by atoms with E-state index in [1.807, 2.05) is 4.72 Å². The summed E-state index contributed by atoms with van der Waals surface area (Å²) >= 11 is 0. The fourth-order valence-electron chi connectivity index (χ4n) is 1.19. The number of sulfonamides is 1. The van der Waals surface area contributed by atoms with Crippen molar-refractivity contribution in [2.24, 2.45) is 0 Å². The number of alkyl halides is 3. The average molecular weight is 307 g/mol. The van der Waals surface area contributed by atoms with Gasteiger partial charge in [0.25, 0.3) is 0 Å². The van der Waals surface area contributed by atoms with Gasteiger partial charge in [0, 0.05) is 13.0 Å². The van der Waals surface area contributed by atoms with Crippen LogP contribution in [0, 0.1) is 0 Å². The van der Waals surface area contributed by atoms with Gasteiger partial charge < -0.3 is 10.2 Å². The molecule has 0 aromatic carbocycles. The smallest absolute Gasteiger partial charge is 0.389 e. The van der Waals surface area contributed by atoms with E-state index < -0.39 is 59.3 Å². The molecule has 0 rings (SSSR count). The van der Waals surface area contributed by atoms with Crippen molar-refractivity contribution in [2.75, 3.05) is 12.3 Å². The number of halogens is 3. The minimum absolute atomic E-state index is 0.576. The van der Waals surface area contributed by atoms with Gasteiger partial charge in [-0.2, -0.15) is 13.2 Å². The first kappa shape index (κ1) is 18.1. The molecule has 0 aliphatic carbocycles. The summed E-state index contributed by atoms with van der Waals surface area (Å²) in [4.78, 5) is 10.4. The Balaban J connectivity index is 4.21. The molecule has 0 fully saturated rings. The van der Waals surface area contributed by atoms with E-state index in [9.17, 15) is 31.5 Å². The maximum absolute atomic E-state index is 11.8. The summed E-state index contributed by atoms with van der Waals surface area (Å²) in [6.45, 7) is 0.535. The highest BCUT2D eigenvalue weighted by Gasteiger charge is 2.29. The van der Waals surface area contributed by atoms with Crippen LogP contribution in [-0.4, -0.2) is 48.7 Å². The number of hydrogen-bond donors (Lipinski definition) is 3. The molecule has 0 saturated carbocycles. The highest BCUT2D eigenvalue weighted by Crippen LogP contribution is 2.21. The van der Waals surface area contributed by atoms with Crippen molar-refractivity contribution in [3.05, 3.63) is 0 Å². The van der Waals surface area contributed by atoms with Crippen molar-refractivity contribution in [1.29, 1.82) is 0 Å². The number of hydrogen-bond acceptors (Lipinski definition) is 4. The summed E-state index contributed by atoms with van der Waals surface area (Å²) in [7, 11) is -3.98. The molecule has 6 nitrogen and oxygen atoms in total. The molecule has 0 saturated heterocycles. The molecule has 0 radical (unpaired) electrons. The topological polar surface area (TPSA) is 104 Å². The first-order valence-electron chi connectivity index (χ1n) is 5.31. The highest BCUT2D eigenvalue weighted by atomic mass is 32.2. The Kier molecular flexibility index (Phi) is 6.23. The summed E-state index contributed by atoms with van der Waals surface area (Å²) < 4.78 is 60.0. The van der Waals surface area contributed by atoms with Gasteiger partial charge in [-0.05, 0) is 13.3 Å². The third-order valence-corrected chi connectivity index (χ3v) is 3.49. The summed E-state index contributed by atoms with van der Waals surface area (Å²) in [6.07, 6.45) is -6.93. The minimum Gasteiger partial charge on any atom is -0.481 e. The van der Waals surface area contributed by atoms with Crippen molar-refractivity contribution < 1.29 is 36.6 Å². The molecule has 10 heteroatoms. The lowest BCUT2D eigenvalue weighted by atomic mass is 10.0.